The molecule has 0 unspecified atom stereocenters. The molecular formula is C28H26N6O2. The summed E-state index contributed by atoms with van der Waals surface area (Å²) < 4.78 is 7.46. The fourth-order valence-electron chi connectivity index (χ4n) is 4.82. The Labute approximate surface area is 208 Å². The van der Waals surface area contributed by atoms with Crippen LogP contribution in [0.5, 0.6) is 5.75 Å². The Morgan fingerprint density at radius 3 is 2.47 bits per heavy atom. The number of methoxy groups -OCH3 is 1. The second-order valence-electron chi connectivity index (χ2n) is 8.94. The number of nitrogens with zero attached hydrogens (tertiary/aromatic N) is 6. The molecule has 3 aromatic carbocycles. The summed E-state index contributed by atoms with van der Waals surface area (Å²) in [6, 6.07) is 23.5. The van der Waals surface area contributed by atoms with E-state index in [-0.39, 0.29) is 5.91 Å². The zero-order valence-electron chi connectivity index (χ0n) is 20.3. The molecule has 1 aliphatic heterocycles. The van der Waals surface area contributed by atoms with Gasteiger partial charge in [0.1, 0.15) is 5.75 Å². The Morgan fingerprint density at radius 1 is 0.889 bits per heavy atom. The number of ether oxygens (including phenoxy) is 1. The first-order chi connectivity index (χ1) is 17.6. The molecule has 0 aliphatic carbocycles. The Morgan fingerprint density at radius 2 is 1.67 bits per heavy atom. The third kappa shape index (κ3) is 3.71. The summed E-state index contributed by atoms with van der Waals surface area (Å²) >= 11 is 0. The molecule has 8 nitrogen and oxygen atoms in total. The number of carbonyl (C=O) groups excluding carboxylic acids is 1. The average Bonchev–Trinajstić information content (AvgIpc) is 3.38. The first-order valence-corrected chi connectivity index (χ1v) is 12.0. The van der Waals surface area contributed by atoms with Crippen LogP contribution in [-0.2, 0) is 0 Å². The quantitative estimate of drug-likeness (QED) is 0.385. The van der Waals surface area contributed by atoms with E-state index < -0.39 is 0 Å². The second-order valence-corrected chi connectivity index (χ2v) is 8.94. The van der Waals surface area contributed by atoms with Crippen LogP contribution < -0.4 is 9.64 Å². The largest absolute Gasteiger partial charge is 0.497 e. The van der Waals surface area contributed by atoms with E-state index in [0.717, 1.165) is 44.9 Å². The van der Waals surface area contributed by atoms with Crippen molar-refractivity contribution in [3.63, 3.8) is 0 Å². The van der Waals surface area contributed by atoms with E-state index in [1.54, 1.807) is 7.11 Å². The maximum atomic E-state index is 13.2. The highest BCUT2D eigenvalue weighted by Gasteiger charge is 2.27. The number of piperazine rings is 1. The summed E-state index contributed by atoms with van der Waals surface area (Å²) in [4.78, 5) is 22.3. The molecule has 8 heteroatoms. The molecule has 5 aromatic rings. The van der Waals surface area contributed by atoms with Gasteiger partial charge in [0, 0.05) is 42.7 Å². The normalized spacial score (nSPS) is 13.9. The van der Waals surface area contributed by atoms with Gasteiger partial charge in [-0.3, -0.25) is 4.79 Å². The van der Waals surface area contributed by atoms with Crippen LogP contribution >= 0.6 is 0 Å². The third-order valence-electron chi connectivity index (χ3n) is 6.78. The first kappa shape index (κ1) is 22.0. The van der Waals surface area contributed by atoms with E-state index in [1.165, 1.54) is 0 Å². The molecule has 1 fully saturated rings. The van der Waals surface area contributed by atoms with Crippen LogP contribution in [0.4, 0.5) is 5.95 Å². The molecule has 0 spiro atoms. The highest BCUT2D eigenvalue weighted by molar-refractivity contribution is 5.96. The smallest absolute Gasteiger partial charge is 0.254 e. The molecule has 0 atom stereocenters. The number of para-hydroxylation sites is 1. The SMILES string of the molecule is COc1cccc(-c2nnc3c4ccccc4nc(N4CCN(C(=O)c5ccccc5C)CC4)n23)c1. The number of hydrogen-bond acceptors (Lipinski definition) is 6. The summed E-state index contributed by atoms with van der Waals surface area (Å²) in [5.41, 5.74) is 4.27. The van der Waals surface area contributed by atoms with E-state index >= 15 is 0 Å². The van der Waals surface area contributed by atoms with Gasteiger partial charge in [0.05, 0.1) is 12.6 Å². The van der Waals surface area contributed by atoms with Crippen LogP contribution in [0.25, 0.3) is 27.9 Å². The molecule has 180 valence electrons. The van der Waals surface area contributed by atoms with Crippen LogP contribution in [0.3, 0.4) is 0 Å². The number of anilines is 1. The van der Waals surface area contributed by atoms with Gasteiger partial charge < -0.3 is 14.5 Å². The van der Waals surface area contributed by atoms with Crippen LogP contribution in [0, 0.1) is 6.92 Å². The van der Waals surface area contributed by atoms with Crippen LogP contribution in [-0.4, -0.2) is 63.7 Å². The Hall–Kier alpha value is -4.46. The molecule has 1 amide bonds. The van der Waals surface area contributed by atoms with Crippen molar-refractivity contribution in [1.82, 2.24) is 24.5 Å². The summed E-state index contributed by atoms with van der Waals surface area (Å²) in [5.74, 6) is 2.30. The topological polar surface area (TPSA) is 75.9 Å². The van der Waals surface area contributed by atoms with E-state index in [1.807, 2.05) is 89.0 Å². The molecular weight excluding hydrogens is 452 g/mol. The number of benzene rings is 3. The summed E-state index contributed by atoms with van der Waals surface area (Å²) in [7, 11) is 1.65. The minimum atomic E-state index is 0.0748. The van der Waals surface area contributed by atoms with Crippen molar-refractivity contribution in [2.24, 2.45) is 0 Å². The van der Waals surface area contributed by atoms with Crippen molar-refractivity contribution < 1.29 is 9.53 Å². The molecule has 3 heterocycles. The van der Waals surface area contributed by atoms with Gasteiger partial charge in [-0.2, -0.15) is 0 Å². The van der Waals surface area contributed by atoms with Crippen molar-refractivity contribution in [3.05, 3.63) is 83.9 Å². The lowest BCUT2D eigenvalue weighted by atomic mass is 10.1. The number of hydrogen-bond donors (Lipinski definition) is 0. The molecule has 0 radical (unpaired) electrons. The van der Waals surface area contributed by atoms with Crippen molar-refractivity contribution in [2.45, 2.75) is 6.92 Å². The first-order valence-electron chi connectivity index (χ1n) is 12.0. The van der Waals surface area contributed by atoms with Crippen LogP contribution in [0.15, 0.2) is 72.8 Å². The molecule has 0 saturated carbocycles. The summed E-state index contributed by atoms with van der Waals surface area (Å²) in [5, 5.41) is 10.1. The lowest BCUT2D eigenvalue weighted by Gasteiger charge is -2.36. The zero-order chi connectivity index (χ0) is 24.6. The molecule has 1 saturated heterocycles. The second kappa shape index (κ2) is 8.96. The minimum Gasteiger partial charge on any atom is -0.497 e. The molecule has 36 heavy (non-hydrogen) atoms. The van der Waals surface area contributed by atoms with Gasteiger partial charge in [-0.25, -0.2) is 9.38 Å². The molecule has 0 bridgehead atoms. The number of amides is 1. The Balaban J connectivity index is 1.39. The summed E-state index contributed by atoms with van der Waals surface area (Å²) in [6.45, 7) is 4.52. The maximum absolute atomic E-state index is 13.2. The van der Waals surface area contributed by atoms with Crippen molar-refractivity contribution in [2.75, 3.05) is 38.2 Å². The predicted molar refractivity (Wildman–Crippen MR) is 140 cm³/mol. The monoisotopic (exact) mass is 478 g/mol. The highest BCUT2D eigenvalue weighted by Crippen LogP contribution is 2.30. The van der Waals surface area contributed by atoms with Crippen molar-refractivity contribution >= 4 is 28.4 Å². The van der Waals surface area contributed by atoms with Gasteiger partial charge in [-0.1, -0.05) is 42.5 Å². The number of aromatic nitrogens is 4. The van der Waals surface area contributed by atoms with Crippen LogP contribution in [0.1, 0.15) is 15.9 Å². The number of aryl methyl sites for hydroxylation is 1. The molecule has 0 N–H and O–H groups in total. The van der Waals surface area contributed by atoms with E-state index in [9.17, 15) is 4.79 Å². The third-order valence-corrected chi connectivity index (χ3v) is 6.78. The standard InChI is InChI=1S/C28H26N6O2/c1-19-8-3-4-11-22(19)27(35)32-14-16-33(17-15-32)28-29-24-13-6-5-12-23(24)26-31-30-25(34(26)28)20-9-7-10-21(18-20)36-2/h3-13,18H,14-17H2,1-2H3. The lowest BCUT2D eigenvalue weighted by Crippen LogP contribution is -2.49. The van der Waals surface area contributed by atoms with Gasteiger partial charge in [-0.15, -0.1) is 10.2 Å². The fraction of sp³-hybridized carbons (Fsp3) is 0.214. The van der Waals surface area contributed by atoms with Gasteiger partial charge >= 0.3 is 0 Å². The Bertz CT molecular complexity index is 1590. The minimum absolute atomic E-state index is 0.0748. The van der Waals surface area contributed by atoms with Gasteiger partial charge in [0.2, 0.25) is 5.95 Å². The Kier molecular flexibility index (Phi) is 5.48. The molecule has 2 aromatic heterocycles. The predicted octanol–water partition coefficient (Wildman–Crippen LogP) is 4.22. The fourth-order valence-corrected chi connectivity index (χ4v) is 4.82. The number of carbonyl (C=O) groups is 1. The molecule has 6 rings (SSSR count). The van der Waals surface area contributed by atoms with Crippen molar-refractivity contribution in [1.29, 1.82) is 0 Å². The van der Waals surface area contributed by atoms with E-state index in [4.69, 9.17) is 9.72 Å². The van der Waals surface area contributed by atoms with Crippen molar-refractivity contribution in [3.8, 4) is 17.1 Å². The summed E-state index contributed by atoms with van der Waals surface area (Å²) in [6.07, 6.45) is 0. The maximum Gasteiger partial charge on any atom is 0.254 e. The van der Waals surface area contributed by atoms with Gasteiger partial charge in [0.25, 0.3) is 5.91 Å². The van der Waals surface area contributed by atoms with Crippen LogP contribution in [0.2, 0.25) is 0 Å². The van der Waals surface area contributed by atoms with E-state index in [0.29, 0.717) is 32.0 Å². The number of fused-ring (bicyclic) bond motifs is 3. The van der Waals surface area contributed by atoms with Gasteiger partial charge in [0.15, 0.2) is 11.5 Å². The number of rotatable bonds is 4. The van der Waals surface area contributed by atoms with Gasteiger partial charge in [-0.05, 0) is 42.8 Å². The zero-order valence-corrected chi connectivity index (χ0v) is 20.3. The molecule has 1 aliphatic rings. The highest BCUT2D eigenvalue weighted by atomic mass is 16.5. The van der Waals surface area contributed by atoms with E-state index in [2.05, 4.69) is 15.1 Å². The lowest BCUT2D eigenvalue weighted by molar-refractivity contribution is 0.0745. The average molecular weight is 479 g/mol.